The van der Waals surface area contributed by atoms with Gasteiger partial charge in [0.2, 0.25) is 5.91 Å². The molecule has 29 heavy (non-hydrogen) atoms. The van der Waals surface area contributed by atoms with Crippen molar-refractivity contribution in [1.29, 1.82) is 0 Å². The van der Waals surface area contributed by atoms with E-state index in [1.54, 1.807) is 6.92 Å². The molecule has 0 aliphatic carbocycles. The van der Waals surface area contributed by atoms with Crippen molar-refractivity contribution >= 4 is 40.4 Å². The van der Waals surface area contributed by atoms with E-state index in [0.29, 0.717) is 18.7 Å². The summed E-state index contributed by atoms with van der Waals surface area (Å²) in [5.41, 5.74) is 1.83. The highest BCUT2D eigenvalue weighted by molar-refractivity contribution is 6.33. The summed E-state index contributed by atoms with van der Waals surface area (Å²) in [4.78, 5) is 38.3. The highest BCUT2D eigenvalue weighted by Crippen LogP contribution is 2.26. The van der Waals surface area contributed by atoms with Crippen molar-refractivity contribution in [3.8, 4) is 0 Å². The SMILES string of the molecule is CC(=O)c1ccc(N2CCN(CC(=O)Nc3cc([N+](=O)[O-])ccc3Cl)CC2)cc1. The molecule has 2 aromatic carbocycles. The first kappa shape index (κ1) is 20.8. The topological polar surface area (TPSA) is 95.8 Å². The molecule has 0 atom stereocenters. The number of carbonyl (C=O) groups is 2. The zero-order valence-corrected chi connectivity index (χ0v) is 16.7. The average molecular weight is 417 g/mol. The van der Waals surface area contributed by atoms with Gasteiger partial charge < -0.3 is 10.2 Å². The molecule has 2 aromatic rings. The smallest absolute Gasteiger partial charge is 0.271 e. The molecule has 0 spiro atoms. The van der Waals surface area contributed by atoms with Crippen molar-refractivity contribution < 1.29 is 14.5 Å². The fourth-order valence-electron chi connectivity index (χ4n) is 3.19. The maximum atomic E-state index is 12.3. The number of hydrogen-bond donors (Lipinski definition) is 1. The molecule has 1 aliphatic rings. The molecule has 1 saturated heterocycles. The van der Waals surface area contributed by atoms with E-state index in [2.05, 4.69) is 10.2 Å². The third kappa shape index (κ3) is 5.30. The molecule has 1 fully saturated rings. The standard InChI is InChI=1S/C20H21ClN4O4/c1-14(26)15-2-4-16(5-3-15)24-10-8-23(9-11-24)13-20(27)22-19-12-17(25(28)29)6-7-18(19)21/h2-7,12H,8-11,13H2,1H3,(H,22,27). The lowest BCUT2D eigenvalue weighted by Gasteiger charge is -2.35. The molecule has 9 heteroatoms. The number of nitro groups is 1. The molecule has 1 aliphatic heterocycles. The van der Waals surface area contributed by atoms with Gasteiger partial charge >= 0.3 is 0 Å². The summed E-state index contributed by atoms with van der Waals surface area (Å²) in [7, 11) is 0. The number of benzene rings is 2. The molecular weight excluding hydrogens is 396 g/mol. The van der Waals surface area contributed by atoms with Crippen LogP contribution < -0.4 is 10.2 Å². The number of piperazine rings is 1. The minimum atomic E-state index is -0.534. The Kier molecular flexibility index (Phi) is 6.46. The number of carbonyl (C=O) groups excluding carboxylic acids is 2. The van der Waals surface area contributed by atoms with E-state index < -0.39 is 4.92 Å². The van der Waals surface area contributed by atoms with E-state index in [-0.39, 0.29) is 34.6 Å². The van der Waals surface area contributed by atoms with Crippen LogP contribution in [0.3, 0.4) is 0 Å². The van der Waals surface area contributed by atoms with E-state index in [9.17, 15) is 19.7 Å². The van der Waals surface area contributed by atoms with Gasteiger partial charge in [0.1, 0.15) is 0 Å². The molecule has 8 nitrogen and oxygen atoms in total. The fraction of sp³-hybridized carbons (Fsp3) is 0.300. The quantitative estimate of drug-likeness (QED) is 0.441. The second kappa shape index (κ2) is 9.02. The minimum Gasteiger partial charge on any atom is -0.369 e. The van der Waals surface area contributed by atoms with E-state index in [1.165, 1.54) is 18.2 Å². The van der Waals surface area contributed by atoms with E-state index in [0.717, 1.165) is 18.8 Å². The molecule has 0 aromatic heterocycles. The first-order valence-corrected chi connectivity index (χ1v) is 9.53. The van der Waals surface area contributed by atoms with Crippen LogP contribution in [-0.4, -0.2) is 54.2 Å². The Hall–Kier alpha value is -2.97. The number of anilines is 2. The van der Waals surface area contributed by atoms with Gasteiger partial charge in [0.15, 0.2) is 5.78 Å². The van der Waals surface area contributed by atoms with Crippen LogP contribution in [0.25, 0.3) is 0 Å². The van der Waals surface area contributed by atoms with Crippen molar-refractivity contribution in [3.63, 3.8) is 0 Å². The summed E-state index contributed by atoms with van der Waals surface area (Å²) in [5, 5.41) is 13.8. The summed E-state index contributed by atoms with van der Waals surface area (Å²) < 4.78 is 0. The lowest BCUT2D eigenvalue weighted by Crippen LogP contribution is -2.48. The van der Waals surface area contributed by atoms with E-state index in [1.807, 2.05) is 29.2 Å². The molecule has 0 radical (unpaired) electrons. The van der Waals surface area contributed by atoms with Crippen LogP contribution in [-0.2, 0) is 4.79 Å². The van der Waals surface area contributed by atoms with Crippen LogP contribution in [0.1, 0.15) is 17.3 Å². The first-order chi connectivity index (χ1) is 13.8. The zero-order valence-electron chi connectivity index (χ0n) is 15.9. The normalized spacial score (nSPS) is 14.5. The summed E-state index contributed by atoms with van der Waals surface area (Å²) in [6.07, 6.45) is 0. The average Bonchev–Trinajstić information content (AvgIpc) is 2.70. The van der Waals surface area contributed by atoms with Gasteiger partial charge in [-0.1, -0.05) is 11.6 Å². The number of nitrogens with one attached hydrogen (secondary N) is 1. The molecule has 0 saturated carbocycles. The van der Waals surface area contributed by atoms with Gasteiger partial charge in [0, 0.05) is 49.6 Å². The Bertz CT molecular complexity index is 925. The molecule has 3 rings (SSSR count). The monoisotopic (exact) mass is 416 g/mol. The Labute approximate surface area is 173 Å². The molecule has 1 N–H and O–H groups in total. The number of amides is 1. The summed E-state index contributed by atoms with van der Waals surface area (Å²) in [6, 6.07) is 11.4. The van der Waals surface area contributed by atoms with E-state index in [4.69, 9.17) is 11.6 Å². The van der Waals surface area contributed by atoms with Crippen LogP contribution in [0.5, 0.6) is 0 Å². The van der Waals surface area contributed by atoms with Gasteiger partial charge in [-0.3, -0.25) is 24.6 Å². The second-order valence-corrected chi connectivity index (χ2v) is 7.24. The van der Waals surface area contributed by atoms with Gasteiger partial charge in [-0.05, 0) is 37.3 Å². The van der Waals surface area contributed by atoms with Crippen LogP contribution in [0, 0.1) is 10.1 Å². The first-order valence-electron chi connectivity index (χ1n) is 9.15. The van der Waals surface area contributed by atoms with Gasteiger partial charge in [-0.2, -0.15) is 0 Å². The highest BCUT2D eigenvalue weighted by Gasteiger charge is 2.20. The van der Waals surface area contributed by atoms with E-state index >= 15 is 0 Å². The third-order valence-corrected chi connectivity index (χ3v) is 5.14. The van der Waals surface area contributed by atoms with Crippen molar-refractivity contribution in [2.45, 2.75) is 6.92 Å². The Morgan fingerprint density at radius 3 is 2.34 bits per heavy atom. The number of Topliss-reactive ketones (excluding diaryl/α,β-unsaturated/α-hetero) is 1. The number of non-ortho nitro benzene ring substituents is 1. The Morgan fingerprint density at radius 2 is 1.76 bits per heavy atom. The van der Waals surface area contributed by atoms with Crippen LogP contribution >= 0.6 is 11.6 Å². The van der Waals surface area contributed by atoms with Crippen molar-refractivity contribution in [3.05, 3.63) is 63.2 Å². The minimum absolute atomic E-state index is 0.0382. The van der Waals surface area contributed by atoms with Crippen LogP contribution in [0.4, 0.5) is 17.1 Å². The largest absolute Gasteiger partial charge is 0.369 e. The Balaban J connectivity index is 1.53. The summed E-state index contributed by atoms with van der Waals surface area (Å²) in [5.74, 6) is -0.233. The predicted molar refractivity (Wildman–Crippen MR) is 112 cm³/mol. The number of nitro benzene ring substituents is 1. The van der Waals surface area contributed by atoms with Gasteiger partial charge in [-0.25, -0.2) is 0 Å². The highest BCUT2D eigenvalue weighted by atomic mass is 35.5. The summed E-state index contributed by atoms with van der Waals surface area (Å²) >= 11 is 6.03. The van der Waals surface area contributed by atoms with Crippen molar-refractivity contribution in [2.24, 2.45) is 0 Å². The maximum Gasteiger partial charge on any atom is 0.271 e. The molecule has 0 unspecified atom stereocenters. The maximum absolute atomic E-state index is 12.3. The Morgan fingerprint density at radius 1 is 1.10 bits per heavy atom. The fourth-order valence-corrected chi connectivity index (χ4v) is 3.35. The molecule has 1 amide bonds. The van der Waals surface area contributed by atoms with Crippen LogP contribution in [0.2, 0.25) is 5.02 Å². The number of hydrogen-bond acceptors (Lipinski definition) is 6. The lowest BCUT2D eigenvalue weighted by molar-refractivity contribution is -0.384. The number of ketones is 1. The number of rotatable bonds is 6. The van der Waals surface area contributed by atoms with Gasteiger partial charge in [0.05, 0.1) is 22.2 Å². The van der Waals surface area contributed by atoms with Gasteiger partial charge in [-0.15, -0.1) is 0 Å². The molecule has 1 heterocycles. The zero-order chi connectivity index (χ0) is 21.0. The summed E-state index contributed by atoms with van der Waals surface area (Å²) in [6.45, 7) is 4.62. The number of nitrogens with zero attached hydrogens (tertiary/aromatic N) is 3. The van der Waals surface area contributed by atoms with Gasteiger partial charge in [0.25, 0.3) is 5.69 Å². The molecular formula is C20H21ClN4O4. The second-order valence-electron chi connectivity index (χ2n) is 6.84. The van der Waals surface area contributed by atoms with Crippen molar-refractivity contribution in [1.82, 2.24) is 4.90 Å². The lowest BCUT2D eigenvalue weighted by atomic mass is 10.1. The molecule has 152 valence electrons. The predicted octanol–water partition coefficient (Wildman–Crippen LogP) is 3.21. The molecule has 0 bridgehead atoms. The third-order valence-electron chi connectivity index (χ3n) is 4.81. The van der Waals surface area contributed by atoms with Crippen LogP contribution in [0.15, 0.2) is 42.5 Å². The van der Waals surface area contributed by atoms with Crippen molar-refractivity contribution in [2.75, 3.05) is 42.9 Å². The number of halogens is 1.